The topological polar surface area (TPSA) is 107 Å². The Morgan fingerprint density at radius 2 is 1.83 bits per heavy atom. The first-order chi connectivity index (χ1) is 11.0. The van der Waals surface area contributed by atoms with E-state index >= 15 is 0 Å². The molecule has 1 aromatic rings. The number of benzene rings is 1. The minimum absolute atomic E-state index is 0.149. The smallest absolute Gasteiger partial charge is 0.405 e. The average molecular weight is 364 g/mol. The predicted molar refractivity (Wildman–Crippen MR) is 81.0 cm³/mol. The van der Waals surface area contributed by atoms with Crippen LogP contribution < -0.4 is 0 Å². The third kappa shape index (κ3) is 5.00. The maximum atomic E-state index is 13.2. The van der Waals surface area contributed by atoms with Crippen LogP contribution in [-0.2, 0) is 30.7 Å². The van der Waals surface area contributed by atoms with Crippen LogP contribution in [0.15, 0.2) is 24.3 Å². The van der Waals surface area contributed by atoms with Gasteiger partial charge in [-0.05, 0) is 19.1 Å². The van der Waals surface area contributed by atoms with Crippen LogP contribution in [0, 0.1) is 0 Å². The molecule has 0 bridgehead atoms. The summed E-state index contributed by atoms with van der Waals surface area (Å²) in [6.45, 7) is -0.406. The molecule has 0 aliphatic rings. The van der Waals surface area contributed by atoms with Gasteiger partial charge in [0.05, 0.1) is 5.56 Å². The molecule has 0 aromatic heterocycles. The Bertz CT molecular complexity index is 704. The Morgan fingerprint density at radius 3 is 2.29 bits per heavy atom. The molecule has 0 aliphatic heterocycles. The van der Waals surface area contributed by atoms with Crippen molar-refractivity contribution >= 4 is 29.9 Å². The van der Waals surface area contributed by atoms with Crippen LogP contribution in [0.25, 0.3) is 0 Å². The highest BCUT2D eigenvalue weighted by Crippen LogP contribution is 2.27. The summed E-state index contributed by atoms with van der Waals surface area (Å²) in [5, 5.41) is -4.68. The second kappa shape index (κ2) is 7.71. The summed E-state index contributed by atoms with van der Waals surface area (Å²) >= 11 is 0. The van der Waals surface area contributed by atoms with Gasteiger partial charge in [0.2, 0.25) is 0 Å². The summed E-state index contributed by atoms with van der Waals surface area (Å²) in [6, 6.07) is 6.32. The molecule has 0 spiro atoms. The second-order valence-corrected chi connectivity index (χ2v) is 6.29. The first-order valence-corrected chi connectivity index (χ1v) is 8.23. The van der Waals surface area contributed by atoms with E-state index in [1.807, 2.05) is 7.85 Å². The van der Waals surface area contributed by atoms with Gasteiger partial charge < -0.3 is 9.47 Å². The molecule has 132 valence electrons. The lowest BCUT2D eigenvalue weighted by molar-refractivity contribution is -0.162. The Labute approximate surface area is 138 Å². The van der Waals surface area contributed by atoms with Crippen molar-refractivity contribution in [2.45, 2.75) is 24.6 Å². The van der Waals surface area contributed by atoms with Gasteiger partial charge in [-0.1, -0.05) is 24.0 Å². The fourth-order valence-corrected chi connectivity index (χ4v) is 2.06. The van der Waals surface area contributed by atoms with Crippen molar-refractivity contribution in [3.63, 3.8) is 0 Å². The van der Waals surface area contributed by atoms with Crippen LogP contribution in [0.2, 0.25) is 0 Å². The van der Waals surface area contributed by atoms with Crippen molar-refractivity contribution in [3.8, 4) is 0 Å². The molecule has 1 N–H and O–H groups in total. The number of ether oxygens (including phenoxy) is 2. The lowest BCUT2D eigenvalue weighted by Crippen LogP contribution is -2.42. The van der Waals surface area contributed by atoms with Gasteiger partial charge in [-0.25, -0.2) is 9.59 Å². The van der Waals surface area contributed by atoms with Crippen LogP contribution >= 0.6 is 0 Å². The fraction of sp³-hybridized carbons (Fsp3) is 0.385. The molecule has 0 saturated heterocycles. The largest absolute Gasteiger partial charge is 0.452 e. The molecular formula is C13H15BF2O7S. The molecule has 7 nitrogen and oxygen atoms in total. The number of carbonyl (C=O) groups excluding carboxylic acids is 2. The van der Waals surface area contributed by atoms with Gasteiger partial charge in [-0.2, -0.15) is 17.2 Å². The summed E-state index contributed by atoms with van der Waals surface area (Å²) in [7, 11) is -3.82. The zero-order valence-corrected chi connectivity index (χ0v) is 13.7. The number of esters is 2. The van der Waals surface area contributed by atoms with Crippen molar-refractivity contribution < 1.29 is 40.8 Å². The summed E-state index contributed by atoms with van der Waals surface area (Å²) in [4.78, 5) is 23.0. The molecule has 0 aliphatic carbocycles. The molecule has 0 saturated carbocycles. The van der Waals surface area contributed by atoms with E-state index in [1.54, 1.807) is 12.1 Å². The quantitative estimate of drug-likeness (QED) is 0.424. The van der Waals surface area contributed by atoms with E-state index < -0.39 is 40.0 Å². The molecule has 0 amide bonds. The van der Waals surface area contributed by atoms with E-state index in [0.717, 1.165) is 11.9 Å². The van der Waals surface area contributed by atoms with Crippen molar-refractivity contribution in [1.29, 1.82) is 0 Å². The third-order valence-electron chi connectivity index (χ3n) is 3.04. The van der Waals surface area contributed by atoms with Gasteiger partial charge in [0.1, 0.15) is 7.85 Å². The summed E-state index contributed by atoms with van der Waals surface area (Å²) < 4.78 is 64.5. The maximum Gasteiger partial charge on any atom is 0.405 e. The fourth-order valence-electron chi connectivity index (χ4n) is 1.59. The van der Waals surface area contributed by atoms with Crippen LogP contribution in [0.4, 0.5) is 8.78 Å². The SMILES string of the molecule is BCc1ccc(C(=O)OCC(=O)OC(C)C(F)(F)S(=O)(=O)O)cc1. The molecule has 0 fully saturated rings. The molecule has 0 heterocycles. The summed E-state index contributed by atoms with van der Waals surface area (Å²) in [6.07, 6.45) is -1.69. The number of alkyl halides is 2. The van der Waals surface area contributed by atoms with Crippen molar-refractivity contribution in [2.24, 2.45) is 0 Å². The monoisotopic (exact) mass is 364 g/mol. The standard InChI is InChI=1S/C13H15BF2O7S/c1-8(13(15,16)24(19,20)21)23-11(17)7-22-12(18)10-4-2-9(6-14)3-5-10/h2-5,8H,6-7,14H2,1H3,(H,19,20,21). The molecule has 1 rings (SSSR count). The Balaban J connectivity index is 2.58. The Hall–Kier alpha value is -2.01. The van der Waals surface area contributed by atoms with Crippen molar-refractivity contribution in [1.82, 2.24) is 0 Å². The zero-order chi connectivity index (χ0) is 18.5. The molecule has 11 heteroatoms. The summed E-state index contributed by atoms with van der Waals surface area (Å²) in [5.74, 6) is -2.26. The highest BCUT2D eigenvalue weighted by atomic mass is 32.2. The van der Waals surface area contributed by atoms with Gasteiger partial charge in [0.15, 0.2) is 12.7 Å². The lowest BCUT2D eigenvalue weighted by atomic mass is 9.96. The number of carbonyl (C=O) groups is 2. The minimum Gasteiger partial charge on any atom is -0.452 e. The zero-order valence-electron chi connectivity index (χ0n) is 12.9. The van der Waals surface area contributed by atoms with Gasteiger partial charge >= 0.3 is 27.3 Å². The van der Waals surface area contributed by atoms with E-state index in [1.165, 1.54) is 12.1 Å². The number of halogens is 2. The molecule has 1 atom stereocenters. The van der Waals surface area contributed by atoms with Crippen LogP contribution in [0.3, 0.4) is 0 Å². The van der Waals surface area contributed by atoms with Crippen molar-refractivity contribution in [3.05, 3.63) is 35.4 Å². The Kier molecular flexibility index (Phi) is 6.44. The minimum atomic E-state index is -5.75. The highest BCUT2D eigenvalue weighted by molar-refractivity contribution is 7.86. The first kappa shape index (κ1) is 20.0. The molecular weight excluding hydrogens is 349 g/mol. The van der Waals surface area contributed by atoms with Gasteiger partial charge in [-0.15, -0.1) is 0 Å². The molecule has 1 unspecified atom stereocenters. The molecule has 0 radical (unpaired) electrons. The van der Waals surface area contributed by atoms with Crippen LogP contribution in [-0.4, -0.2) is 50.7 Å². The number of hydrogen-bond donors (Lipinski definition) is 1. The first-order valence-electron chi connectivity index (χ1n) is 6.79. The van der Waals surface area contributed by atoms with Crippen LogP contribution in [0.5, 0.6) is 0 Å². The van der Waals surface area contributed by atoms with E-state index in [-0.39, 0.29) is 5.56 Å². The second-order valence-electron chi connectivity index (χ2n) is 4.80. The van der Waals surface area contributed by atoms with Crippen LogP contribution in [0.1, 0.15) is 22.8 Å². The highest BCUT2D eigenvalue weighted by Gasteiger charge is 2.51. The Morgan fingerprint density at radius 1 is 1.29 bits per heavy atom. The van der Waals surface area contributed by atoms with E-state index in [4.69, 9.17) is 4.55 Å². The maximum absolute atomic E-state index is 13.2. The van der Waals surface area contributed by atoms with Gasteiger partial charge in [0, 0.05) is 0 Å². The number of rotatable bonds is 7. The van der Waals surface area contributed by atoms with Crippen molar-refractivity contribution in [2.75, 3.05) is 6.61 Å². The summed E-state index contributed by atoms with van der Waals surface area (Å²) in [5.41, 5.74) is 1.13. The molecule has 1 aromatic carbocycles. The lowest BCUT2D eigenvalue weighted by Gasteiger charge is -2.20. The van der Waals surface area contributed by atoms with E-state index in [2.05, 4.69) is 9.47 Å². The van der Waals surface area contributed by atoms with E-state index in [9.17, 15) is 26.8 Å². The third-order valence-corrected chi connectivity index (χ3v) is 4.06. The number of hydrogen-bond acceptors (Lipinski definition) is 6. The average Bonchev–Trinajstić information content (AvgIpc) is 2.51. The van der Waals surface area contributed by atoms with E-state index in [0.29, 0.717) is 6.92 Å². The predicted octanol–water partition coefficient (Wildman–Crippen LogP) is 0.389. The normalized spacial score (nSPS) is 13.2. The molecule has 24 heavy (non-hydrogen) atoms. The van der Waals surface area contributed by atoms with Gasteiger partial charge in [0.25, 0.3) is 0 Å². The van der Waals surface area contributed by atoms with Gasteiger partial charge in [-0.3, -0.25) is 4.55 Å².